The normalized spacial score (nSPS) is 18.5. The summed E-state index contributed by atoms with van der Waals surface area (Å²) in [5, 5.41) is 3.69. The first kappa shape index (κ1) is 25.9. The van der Waals surface area contributed by atoms with Gasteiger partial charge in [-0.15, -0.1) is 0 Å². The van der Waals surface area contributed by atoms with Crippen LogP contribution >= 0.6 is 0 Å². The summed E-state index contributed by atoms with van der Waals surface area (Å²) in [5.41, 5.74) is 2.32. The van der Waals surface area contributed by atoms with Crippen molar-refractivity contribution in [1.82, 2.24) is 29.7 Å². The van der Waals surface area contributed by atoms with Gasteiger partial charge < -0.3 is 4.74 Å². The van der Waals surface area contributed by atoms with Gasteiger partial charge in [-0.05, 0) is 56.4 Å². The van der Waals surface area contributed by atoms with Gasteiger partial charge in [-0.2, -0.15) is 18.3 Å². The molecule has 41 heavy (non-hydrogen) atoms. The number of fused-ring (bicyclic) bond motifs is 2. The van der Waals surface area contributed by atoms with E-state index in [2.05, 4.69) is 20.1 Å². The average Bonchev–Trinajstić information content (AvgIpc) is 3.87. The largest absolute Gasteiger partial charge is 0.480 e. The molecular formula is C27H24F3N7O3S. The molecule has 14 heteroatoms. The number of benzene rings is 1. The van der Waals surface area contributed by atoms with Gasteiger partial charge in [0.1, 0.15) is 16.6 Å². The molecule has 7 rings (SSSR count). The minimum atomic E-state index is -4.55. The minimum Gasteiger partial charge on any atom is -0.480 e. The first-order chi connectivity index (χ1) is 19.5. The zero-order chi connectivity index (χ0) is 28.7. The number of nitrogens with zero attached hydrogens (tertiary/aromatic N) is 7. The second-order valence-electron chi connectivity index (χ2n) is 10.6. The van der Waals surface area contributed by atoms with E-state index in [1.807, 2.05) is 0 Å². The maximum atomic E-state index is 13.8. The molecule has 0 saturated heterocycles. The Morgan fingerprint density at radius 3 is 2.44 bits per heavy atom. The third-order valence-electron chi connectivity index (χ3n) is 7.89. The fourth-order valence-electron chi connectivity index (χ4n) is 5.47. The van der Waals surface area contributed by atoms with Crippen LogP contribution in [0.3, 0.4) is 0 Å². The van der Waals surface area contributed by atoms with Crippen molar-refractivity contribution in [2.45, 2.75) is 56.0 Å². The van der Waals surface area contributed by atoms with Crippen LogP contribution in [0.25, 0.3) is 17.1 Å². The quantitative estimate of drug-likeness (QED) is 0.322. The molecule has 0 unspecified atom stereocenters. The summed E-state index contributed by atoms with van der Waals surface area (Å²) in [6.07, 6.45) is 1.39. The molecule has 0 bridgehead atoms. The molecule has 0 N–H and O–H groups in total. The van der Waals surface area contributed by atoms with Gasteiger partial charge in [0.25, 0.3) is 0 Å². The fourth-order valence-corrected chi connectivity index (χ4v) is 7.61. The lowest BCUT2D eigenvalue weighted by atomic mass is 10.1. The smallest absolute Gasteiger partial charge is 0.435 e. The highest BCUT2D eigenvalue weighted by Gasteiger charge is 2.65. The zero-order valence-electron chi connectivity index (χ0n) is 22.1. The summed E-state index contributed by atoms with van der Waals surface area (Å²) in [5.74, 6) is 1.18. The summed E-state index contributed by atoms with van der Waals surface area (Å²) < 4.78 is 74.0. The van der Waals surface area contributed by atoms with Gasteiger partial charge in [0.2, 0.25) is 15.9 Å². The number of aryl methyl sites for hydroxylation is 1. The Kier molecular flexibility index (Phi) is 5.50. The molecule has 0 amide bonds. The highest BCUT2D eigenvalue weighted by molar-refractivity contribution is 7.94. The molecular weight excluding hydrogens is 559 g/mol. The van der Waals surface area contributed by atoms with Gasteiger partial charge in [-0.1, -0.05) is 12.1 Å². The molecule has 2 aliphatic carbocycles. The van der Waals surface area contributed by atoms with E-state index in [0.29, 0.717) is 58.4 Å². The van der Waals surface area contributed by atoms with Gasteiger partial charge in [-0.25, -0.2) is 37.3 Å². The molecule has 4 heterocycles. The topological polar surface area (TPSA) is 116 Å². The van der Waals surface area contributed by atoms with E-state index < -0.39 is 26.6 Å². The monoisotopic (exact) mass is 583 g/mol. The Labute approximate surface area is 233 Å². The maximum Gasteiger partial charge on any atom is 0.435 e. The van der Waals surface area contributed by atoms with Gasteiger partial charge in [-0.3, -0.25) is 0 Å². The number of hydrogen-bond donors (Lipinski definition) is 0. The van der Waals surface area contributed by atoms with E-state index in [1.54, 1.807) is 30.5 Å². The standard InChI is InChI=1S/C27H24F3N7O3S/c1-15-11-20(27(28,29)30)35-37(15)18-7-3-16(4-8-18)13-36-24-19(26(9-10-26)41(36,38)39)12-31-23(34-24)21-22(17-5-6-17)32-14-33-25(21)40-2/h3-4,7-8,11-12,14,17H,5-6,9-10,13H2,1-2H3. The minimum absolute atomic E-state index is 0.00237. The third-order valence-corrected chi connectivity index (χ3v) is 10.4. The molecule has 3 aromatic heterocycles. The van der Waals surface area contributed by atoms with Crippen LogP contribution in [0.4, 0.5) is 19.0 Å². The Hall–Kier alpha value is -4.07. The second-order valence-corrected chi connectivity index (χ2v) is 12.8. The van der Waals surface area contributed by atoms with Gasteiger partial charge >= 0.3 is 6.18 Å². The number of anilines is 1. The third kappa shape index (κ3) is 3.98. The lowest BCUT2D eigenvalue weighted by Gasteiger charge is -2.19. The number of alkyl halides is 3. The SMILES string of the molecule is COc1ncnc(C2CC2)c1-c1ncc2c(n1)N(Cc1ccc(-n3nc(C(F)(F)F)cc3C)cc1)S(=O)(=O)C21CC1. The molecule has 0 atom stereocenters. The van der Waals surface area contributed by atoms with Crippen molar-refractivity contribution in [3.63, 3.8) is 0 Å². The van der Waals surface area contributed by atoms with Crippen LogP contribution in [0, 0.1) is 6.92 Å². The molecule has 2 saturated carbocycles. The first-order valence-corrected chi connectivity index (χ1v) is 14.5. The van der Waals surface area contributed by atoms with Crippen molar-refractivity contribution >= 4 is 15.8 Å². The average molecular weight is 584 g/mol. The zero-order valence-corrected chi connectivity index (χ0v) is 22.9. The van der Waals surface area contributed by atoms with Crippen LogP contribution in [-0.2, 0) is 27.5 Å². The van der Waals surface area contributed by atoms with E-state index >= 15 is 0 Å². The Morgan fingerprint density at radius 1 is 1.10 bits per heavy atom. The van der Waals surface area contributed by atoms with E-state index in [9.17, 15) is 21.6 Å². The number of methoxy groups -OCH3 is 1. The van der Waals surface area contributed by atoms with Gasteiger partial charge in [0.15, 0.2) is 17.3 Å². The summed E-state index contributed by atoms with van der Waals surface area (Å²) >= 11 is 0. The molecule has 0 radical (unpaired) electrons. The second kappa shape index (κ2) is 8.71. The predicted octanol–water partition coefficient (Wildman–Crippen LogP) is 4.67. The fraction of sp³-hybridized carbons (Fsp3) is 0.370. The summed E-state index contributed by atoms with van der Waals surface area (Å²) in [4.78, 5) is 18.0. The van der Waals surface area contributed by atoms with Gasteiger partial charge in [0.05, 0.1) is 25.0 Å². The van der Waals surface area contributed by atoms with E-state index in [1.165, 1.54) is 29.3 Å². The van der Waals surface area contributed by atoms with Crippen molar-refractivity contribution in [3.05, 3.63) is 71.1 Å². The van der Waals surface area contributed by atoms with Crippen LogP contribution < -0.4 is 9.04 Å². The Balaban J connectivity index is 1.26. The van der Waals surface area contributed by atoms with Crippen LogP contribution in [0.2, 0.25) is 0 Å². The maximum absolute atomic E-state index is 13.8. The molecule has 4 aromatic rings. The first-order valence-electron chi connectivity index (χ1n) is 13.1. The molecule has 1 aliphatic heterocycles. The predicted molar refractivity (Wildman–Crippen MR) is 141 cm³/mol. The van der Waals surface area contributed by atoms with Crippen LogP contribution in [0.5, 0.6) is 5.88 Å². The van der Waals surface area contributed by atoms with Crippen LogP contribution in [0.15, 0.2) is 42.9 Å². The summed E-state index contributed by atoms with van der Waals surface area (Å²) in [7, 11) is -2.29. The highest BCUT2D eigenvalue weighted by atomic mass is 32.2. The van der Waals surface area contributed by atoms with E-state index in [-0.39, 0.29) is 12.5 Å². The molecule has 10 nitrogen and oxygen atoms in total. The number of aromatic nitrogens is 6. The van der Waals surface area contributed by atoms with Crippen molar-refractivity contribution < 1.29 is 26.3 Å². The Morgan fingerprint density at radius 2 is 1.83 bits per heavy atom. The van der Waals surface area contributed by atoms with Crippen molar-refractivity contribution in [1.29, 1.82) is 0 Å². The molecule has 3 aliphatic rings. The number of rotatable bonds is 6. The number of halogens is 3. The van der Waals surface area contributed by atoms with Crippen molar-refractivity contribution in [2.24, 2.45) is 0 Å². The lowest BCUT2D eigenvalue weighted by Crippen LogP contribution is -2.31. The van der Waals surface area contributed by atoms with E-state index in [0.717, 1.165) is 24.6 Å². The van der Waals surface area contributed by atoms with Crippen molar-refractivity contribution in [3.8, 4) is 23.0 Å². The van der Waals surface area contributed by atoms with Crippen LogP contribution in [-0.4, -0.2) is 45.2 Å². The number of ether oxygens (including phenoxy) is 1. The molecule has 1 aromatic carbocycles. The highest BCUT2D eigenvalue weighted by Crippen LogP contribution is 2.61. The molecule has 2 fully saturated rings. The lowest BCUT2D eigenvalue weighted by molar-refractivity contribution is -0.141. The Bertz CT molecular complexity index is 1800. The number of hydrogen-bond acceptors (Lipinski definition) is 8. The number of sulfonamides is 1. The summed E-state index contributed by atoms with van der Waals surface area (Å²) in [6, 6.07) is 7.57. The molecule has 212 valence electrons. The van der Waals surface area contributed by atoms with Crippen molar-refractivity contribution in [2.75, 3.05) is 11.4 Å². The molecule has 1 spiro atoms. The van der Waals surface area contributed by atoms with Gasteiger partial charge in [0, 0.05) is 23.4 Å². The summed E-state index contributed by atoms with van der Waals surface area (Å²) in [6.45, 7) is 1.54. The van der Waals surface area contributed by atoms with Crippen LogP contribution in [0.1, 0.15) is 59.8 Å². The van der Waals surface area contributed by atoms with E-state index in [4.69, 9.17) is 9.72 Å².